The van der Waals surface area contributed by atoms with Crippen molar-refractivity contribution >= 4 is 17.0 Å². The van der Waals surface area contributed by atoms with Crippen LogP contribution in [0.5, 0.6) is 5.75 Å². The molecule has 210 valence electrons. The first kappa shape index (κ1) is 26.4. The highest BCUT2D eigenvalue weighted by molar-refractivity contribution is 5.87. The molecule has 2 fully saturated rings. The number of ether oxygens (including phenoxy) is 2. The summed E-state index contributed by atoms with van der Waals surface area (Å²) in [5.74, 6) is -0.0344. The number of fused-ring (bicyclic) bond motifs is 2. The van der Waals surface area contributed by atoms with Gasteiger partial charge in [0.2, 0.25) is 0 Å². The van der Waals surface area contributed by atoms with Crippen molar-refractivity contribution in [3.63, 3.8) is 0 Å². The molecule has 4 heterocycles. The van der Waals surface area contributed by atoms with Gasteiger partial charge in [0, 0.05) is 42.3 Å². The van der Waals surface area contributed by atoms with Crippen molar-refractivity contribution < 1.29 is 27.4 Å². The number of benzene rings is 2. The van der Waals surface area contributed by atoms with Crippen molar-refractivity contribution in [1.82, 2.24) is 24.2 Å². The molecule has 1 amide bonds. The normalized spacial score (nSPS) is 18.4. The zero-order valence-corrected chi connectivity index (χ0v) is 21.8. The second-order valence-electron chi connectivity index (χ2n) is 10.0. The molecule has 2 aromatic carbocycles. The fraction of sp³-hybridized carbons (Fsp3) is 0.321. The summed E-state index contributed by atoms with van der Waals surface area (Å²) >= 11 is 0. The van der Waals surface area contributed by atoms with Crippen LogP contribution in [0.25, 0.3) is 22.0 Å². The van der Waals surface area contributed by atoms with Gasteiger partial charge in [-0.2, -0.15) is 19.1 Å². The van der Waals surface area contributed by atoms with Gasteiger partial charge >= 0.3 is 12.6 Å². The number of halogens is 3. The van der Waals surface area contributed by atoms with Gasteiger partial charge < -0.3 is 14.4 Å². The highest BCUT2D eigenvalue weighted by Crippen LogP contribution is 2.36. The molecule has 0 bridgehead atoms. The summed E-state index contributed by atoms with van der Waals surface area (Å²) in [4.78, 5) is 31.8. The Morgan fingerprint density at radius 2 is 2.07 bits per heavy atom. The predicted octanol–water partition coefficient (Wildman–Crippen LogP) is 4.38. The summed E-state index contributed by atoms with van der Waals surface area (Å²) in [6.07, 6.45) is 2.78. The summed E-state index contributed by atoms with van der Waals surface area (Å²) in [6, 6.07) is 8.88. The minimum absolute atomic E-state index is 0.113. The van der Waals surface area contributed by atoms with E-state index in [1.807, 2.05) is 6.07 Å². The van der Waals surface area contributed by atoms with Gasteiger partial charge in [-0.05, 0) is 31.2 Å². The van der Waals surface area contributed by atoms with Gasteiger partial charge in [-0.1, -0.05) is 6.07 Å². The van der Waals surface area contributed by atoms with E-state index < -0.39 is 17.9 Å². The molecule has 0 spiro atoms. The fourth-order valence-electron chi connectivity index (χ4n) is 5.32. The first-order chi connectivity index (χ1) is 19.7. The molecule has 0 N–H and O–H groups in total. The van der Waals surface area contributed by atoms with Gasteiger partial charge in [-0.15, -0.1) is 0 Å². The quantitative estimate of drug-likeness (QED) is 0.341. The molecular weight excluding hydrogens is 541 g/mol. The topological polar surface area (TPSA) is 115 Å². The minimum atomic E-state index is -2.84. The average molecular weight is 565 g/mol. The van der Waals surface area contributed by atoms with E-state index in [-0.39, 0.29) is 53.7 Å². The van der Waals surface area contributed by atoms with Gasteiger partial charge in [0.25, 0.3) is 5.56 Å². The molecule has 6 rings (SSSR count). The van der Waals surface area contributed by atoms with Crippen molar-refractivity contribution in [2.45, 2.75) is 45.0 Å². The summed E-state index contributed by atoms with van der Waals surface area (Å²) in [5.41, 5.74) is 1.01. The predicted molar refractivity (Wildman–Crippen MR) is 139 cm³/mol. The Hall–Kier alpha value is -4.86. The van der Waals surface area contributed by atoms with Crippen LogP contribution in [-0.4, -0.2) is 55.6 Å². The number of nitrogens with zero attached hydrogens (tertiary/aromatic N) is 6. The molecule has 2 aromatic heterocycles. The van der Waals surface area contributed by atoms with E-state index in [0.717, 1.165) is 6.07 Å². The number of hydrogen-bond acceptors (Lipinski definition) is 7. The third-order valence-electron chi connectivity index (χ3n) is 7.46. The number of cyclic esters (lactones) is 1. The van der Waals surface area contributed by atoms with Crippen molar-refractivity contribution in [2.24, 2.45) is 0 Å². The lowest BCUT2D eigenvalue weighted by molar-refractivity contribution is 0.0566. The number of nitriles is 1. The lowest BCUT2D eigenvalue weighted by Gasteiger charge is -2.33. The highest BCUT2D eigenvalue weighted by atomic mass is 19.3. The van der Waals surface area contributed by atoms with Crippen LogP contribution < -0.4 is 10.3 Å². The summed E-state index contributed by atoms with van der Waals surface area (Å²) in [5, 5.41) is 13.0. The van der Waals surface area contributed by atoms with E-state index in [4.69, 9.17) is 14.7 Å². The number of aryl methyl sites for hydroxylation is 1. The monoisotopic (exact) mass is 564 g/mol. The standard InChI is InChI=1S/C28H23F3N6O4/c1-15-34-24-8-21(18-11-33-37(13-18)27(30)31)25(41-20-4-5-35-19(7-20)14-40-28(35)39)9-22(24)26(38)36(15)12-17-3-2-16(10-32)6-23(17)29/h2-3,6,8-9,11,13,19-20,27H,4-5,7,12,14H2,1H3/t19-,20-/m0/s1. The van der Waals surface area contributed by atoms with Crippen molar-refractivity contribution in [3.8, 4) is 22.9 Å². The van der Waals surface area contributed by atoms with Crippen LogP contribution in [0.3, 0.4) is 0 Å². The lowest BCUT2D eigenvalue weighted by atomic mass is 10.0. The number of aromatic nitrogens is 4. The maximum atomic E-state index is 14.6. The highest BCUT2D eigenvalue weighted by Gasteiger charge is 2.39. The van der Waals surface area contributed by atoms with E-state index in [2.05, 4.69) is 10.1 Å². The first-order valence-corrected chi connectivity index (χ1v) is 12.9. The number of piperidine rings is 1. The summed E-state index contributed by atoms with van der Waals surface area (Å²) in [7, 11) is 0. The van der Waals surface area contributed by atoms with Crippen LogP contribution >= 0.6 is 0 Å². The van der Waals surface area contributed by atoms with Crippen LogP contribution in [0.2, 0.25) is 0 Å². The lowest BCUT2D eigenvalue weighted by Crippen LogP contribution is -2.44. The maximum absolute atomic E-state index is 14.6. The third kappa shape index (κ3) is 4.86. The molecule has 10 nitrogen and oxygen atoms in total. The molecule has 13 heteroatoms. The Balaban J connectivity index is 1.42. The van der Waals surface area contributed by atoms with E-state index in [9.17, 15) is 22.8 Å². The van der Waals surface area contributed by atoms with Gasteiger partial charge in [-0.3, -0.25) is 9.36 Å². The van der Waals surface area contributed by atoms with Gasteiger partial charge in [0.05, 0.1) is 41.3 Å². The third-order valence-corrected chi connectivity index (χ3v) is 7.46. The molecule has 2 saturated heterocycles. The molecule has 2 atom stereocenters. The van der Waals surface area contributed by atoms with Crippen molar-refractivity contribution in [3.05, 3.63) is 75.8 Å². The summed E-state index contributed by atoms with van der Waals surface area (Å²) in [6.45, 7) is -0.653. The zero-order valence-electron chi connectivity index (χ0n) is 21.8. The largest absolute Gasteiger partial charge is 0.490 e. The van der Waals surface area contributed by atoms with Crippen LogP contribution in [0.4, 0.5) is 18.0 Å². The molecule has 2 aliphatic rings. The van der Waals surface area contributed by atoms with Crippen LogP contribution in [0.1, 0.15) is 36.3 Å². The van der Waals surface area contributed by atoms with E-state index in [1.165, 1.54) is 35.2 Å². The van der Waals surface area contributed by atoms with E-state index >= 15 is 0 Å². The Kier molecular flexibility index (Phi) is 6.61. The SMILES string of the molecule is Cc1nc2cc(-c3cnn(C(F)F)c3)c(O[C@H]3CCN4C(=O)OC[C@@H]4C3)cc2c(=O)n1Cc1ccc(C#N)cc1F. The first-order valence-electron chi connectivity index (χ1n) is 12.9. The number of rotatable bonds is 6. The van der Waals surface area contributed by atoms with E-state index in [1.54, 1.807) is 17.9 Å². The number of amides is 1. The Bertz CT molecular complexity index is 1780. The van der Waals surface area contributed by atoms with E-state index in [0.29, 0.717) is 46.5 Å². The Morgan fingerprint density at radius 1 is 1.24 bits per heavy atom. The minimum Gasteiger partial charge on any atom is -0.490 e. The molecule has 0 unspecified atom stereocenters. The number of carbonyl (C=O) groups excluding carboxylic acids is 1. The van der Waals surface area contributed by atoms with Crippen LogP contribution in [0.15, 0.2) is 47.5 Å². The number of alkyl halides is 2. The molecule has 0 radical (unpaired) electrons. The molecule has 4 aromatic rings. The molecule has 2 aliphatic heterocycles. The number of hydrogen-bond donors (Lipinski definition) is 0. The smallest absolute Gasteiger partial charge is 0.410 e. The van der Waals surface area contributed by atoms with Gasteiger partial charge in [0.15, 0.2) is 0 Å². The average Bonchev–Trinajstić information content (AvgIpc) is 3.59. The van der Waals surface area contributed by atoms with Crippen molar-refractivity contribution in [1.29, 1.82) is 5.26 Å². The zero-order chi connectivity index (χ0) is 28.8. The number of carbonyl (C=O) groups is 1. The van der Waals surface area contributed by atoms with Gasteiger partial charge in [0.1, 0.15) is 30.1 Å². The van der Waals surface area contributed by atoms with Crippen LogP contribution in [-0.2, 0) is 11.3 Å². The maximum Gasteiger partial charge on any atom is 0.410 e. The fourth-order valence-corrected chi connectivity index (χ4v) is 5.32. The van der Waals surface area contributed by atoms with Gasteiger partial charge in [-0.25, -0.2) is 18.9 Å². The Labute approximate surface area is 231 Å². The Morgan fingerprint density at radius 3 is 2.80 bits per heavy atom. The second-order valence-corrected chi connectivity index (χ2v) is 10.0. The second kappa shape index (κ2) is 10.3. The molecular formula is C28H23F3N6O4. The molecule has 41 heavy (non-hydrogen) atoms. The van der Waals surface area contributed by atoms with Crippen molar-refractivity contribution in [2.75, 3.05) is 13.2 Å². The molecule has 0 saturated carbocycles. The molecule has 0 aliphatic carbocycles. The summed E-state index contributed by atoms with van der Waals surface area (Å²) < 4.78 is 54.6. The van der Waals surface area contributed by atoms with Crippen LogP contribution in [0, 0.1) is 24.1 Å².